The highest BCUT2D eigenvalue weighted by Crippen LogP contribution is 2.31. The van der Waals surface area contributed by atoms with E-state index in [0.717, 1.165) is 46.6 Å². The number of rotatable bonds is 3. The molecule has 0 radical (unpaired) electrons. The van der Waals surface area contributed by atoms with Gasteiger partial charge in [0, 0.05) is 34.6 Å². The second-order valence-corrected chi connectivity index (χ2v) is 8.00. The molecule has 1 aromatic carbocycles. The third-order valence-corrected chi connectivity index (χ3v) is 5.61. The van der Waals surface area contributed by atoms with Crippen molar-refractivity contribution in [1.82, 2.24) is 9.47 Å². The number of halogens is 2. The van der Waals surface area contributed by atoms with Crippen molar-refractivity contribution in [1.29, 1.82) is 0 Å². The summed E-state index contributed by atoms with van der Waals surface area (Å²) in [6.45, 7) is 8.36. The van der Waals surface area contributed by atoms with Gasteiger partial charge in [-0.1, -0.05) is 22.9 Å². The van der Waals surface area contributed by atoms with Gasteiger partial charge < -0.3 is 15.2 Å². The molecule has 0 spiro atoms. The zero-order valence-corrected chi connectivity index (χ0v) is 17.3. The van der Waals surface area contributed by atoms with Crippen molar-refractivity contribution in [3.05, 3.63) is 51.8 Å². The van der Waals surface area contributed by atoms with Crippen molar-refractivity contribution in [2.75, 3.05) is 19.6 Å². The molecule has 2 heterocycles. The Balaban J connectivity index is 0.00000225. The summed E-state index contributed by atoms with van der Waals surface area (Å²) in [7, 11) is 0. The predicted molar refractivity (Wildman–Crippen MR) is 108 cm³/mol. The summed E-state index contributed by atoms with van der Waals surface area (Å²) < 4.78 is 3.18. The smallest absolute Gasteiger partial charge is 0.255 e. The second kappa shape index (κ2) is 7.52. The maximum absolute atomic E-state index is 13.0. The van der Waals surface area contributed by atoms with Crippen LogP contribution < -0.4 is 5.73 Å². The molecule has 0 bridgehead atoms. The quantitative estimate of drug-likeness (QED) is 0.803. The van der Waals surface area contributed by atoms with Crippen LogP contribution in [0, 0.1) is 19.3 Å². The first-order chi connectivity index (χ1) is 11.3. The first kappa shape index (κ1) is 20.0. The number of nitrogens with two attached hydrogens (primary N) is 1. The lowest BCUT2D eigenvalue weighted by molar-refractivity contribution is 0.0776. The summed E-state index contributed by atoms with van der Waals surface area (Å²) in [6.07, 6.45) is 0.973. The van der Waals surface area contributed by atoms with Crippen molar-refractivity contribution >= 4 is 34.2 Å². The van der Waals surface area contributed by atoms with Gasteiger partial charge in [-0.3, -0.25) is 4.79 Å². The minimum atomic E-state index is 0. The minimum Gasteiger partial charge on any atom is -0.338 e. The molecule has 1 aromatic heterocycles. The topological polar surface area (TPSA) is 51.3 Å². The van der Waals surface area contributed by atoms with Crippen LogP contribution in [0.3, 0.4) is 0 Å². The molecule has 4 nitrogen and oxygen atoms in total. The number of hydrogen-bond donors (Lipinski definition) is 1. The molecule has 1 amide bonds. The van der Waals surface area contributed by atoms with Gasteiger partial charge in [-0.05, 0) is 62.6 Å². The highest BCUT2D eigenvalue weighted by molar-refractivity contribution is 9.10. The van der Waals surface area contributed by atoms with Crippen LogP contribution in [0.25, 0.3) is 5.69 Å². The Bertz CT molecular complexity index is 772. The Hall–Kier alpha value is -1.30. The number of amides is 1. The van der Waals surface area contributed by atoms with E-state index >= 15 is 0 Å². The number of hydrogen-bond acceptors (Lipinski definition) is 2. The van der Waals surface area contributed by atoms with E-state index in [4.69, 9.17) is 5.73 Å². The maximum Gasteiger partial charge on any atom is 0.255 e. The second-order valence-electron chi connectivity index (χ2n) is 7.09. The first-order valence-electron chi connectivity index (χ1n) is 8.29. The fourth-order valence-corrected chi connectivity index (χ4v) is 3.77. The molecule has 1 saturated heterocycles. The SMILES string of the molecule is Cc1cc(C(=O)N2CCC(C)(CN)C2)c(C)n1-c1ccc(Br)cc1.Cl. The van der Waals surface area contributed by atoms with E-state index in [1.54, 1.807) is 0 Å². The fraction of sp³-hybridized carbons (Fsp3) is 0.421. The molecular formula is C19H25BrClN3O. The summed E-state index contributed by atoms with van der Waals surface area (Å²) >= 11 is 3.47. The molecule has 1 aliphatic heterocycles. The monoisotopic (exact) mass is 425 g/mol. The molecule has 0 saturated carbocycles. The summed E-state index contributed by atoms with van der Waals surface area (Å²) in [4.78, 5) is 14.9. The van der Waals surface area contributed by atoms with Crippen molar-refractivity contribution < 1.29 is 4.79 Å². The number of aromatic nitrogens is 1. The molecule has 2 N–H and O–H groups in total. The zero-order chi connectivity index (χ0) is 17.5. The average Bonchev–Trinajstić information content (AvgIpc) is 3.09. The largest absolute Gasteiger partial charge is 0.338 e. The molecule has 1 atom stereocenters. The van der Waals surface area contributed by atoms with Crippen molar-refractivity contribution in [3.8, 4) is 5.69 Å². The number of aryl methyl sites for hydroxylation is 1. The van der Waals surface area contributed by atoms with E-state index in [1.807, 2.05) is 36.9 Å². The van der Waals surface area contributed by atoms with Crippen LogP contribution >= 0.6 is 28.3 Å². The van der Waals surface area contributed by atoms with Crippen LogP contribution in [0.2, 0.25) is 0 Å². The molecule has 136 valence electrons. The van der Waals surface area contributed by atoms with Gasteiger partial charge in [0.2, 0.25) is 0 Å². The number of benzene rings is 1. The number of likely N-dealkylation sites (tertiary alicyclic amines) is 1. The number of nitrogens with zero attached hydrogens (tertiary/aromatic N) is 2. The summed E-state index contributed by atoms with van der Waals surface area (Å²) in [5.74, 6) is 0.114. The lowest BCUT2D eigenvalue weighted by Crippen LogP contribution is -2.34. The molecule has 25 heavy (non-hydrogen) atoms. The van der Waals surface area contributed by atoms with E-state index in [1.165, 1.54) is 0 Å². The molecule has 6 heteroatoms. The van der Waals surface area contributed by atoms with Gasteiger partial charge in [0.1, 0.15) is 0 Å². The number of carbonyl (C=O) groups is 1. The minimum absolute atomic E-state index is 0. The molecule has 1 fully saturated rings. The Morgan fingerprint density at radius 3 is 2.48 bits per heavy atom. The van der Waals surface area contributed by atoms with Crippen molar-refractivity contribution in [2.45, 2.75) is 27.2 Å². The van der Waals surface area contributed by atoms with Gasteiger partial charge in [-0.15, -0.1) is 12.4 Å². The standard InChI is InChI=1S/C19H24BrN3O.ClH/c1-13-10-17(18(24)22-9-8-19(3,11-21)12-22)14(2)23(13)16-6-4-15(20)5-7-16;/h4-7,10H,8-9,11-12,21H2,1-3H3;1H. The Labute approximate surface area is 163 Å². The van der Waals surface area contributed by atoms with Crippen LogP contribution in [0.15, 0.2) is 34.8 Å². The van der Waals surface area contributed by atoms with Crippen LogP contribution in [-0.2, 0) is 0 Å². The Kier molecular flexibility index (Phi) is 6.02. The third-order valence-electron chi connectivity index (χ3n) is 5.08. The third kappa shape index (κ3) is 3.78. The van der Waals surface area contributed by atoms with Gasteiger partial charge in [0.15, 0.2) is 0 Å². The van der Waals surface area contributed by atoms with Gasteiger partial charge in [0.25, 0.3) is 5.91 Å². The maximum atomic E-state index is 13.0. The summed E-state index contributed by atoms with van der Waals surface area (Å²) in [5, 5.41) is 0. The normalized spacial score (nSPS) is 19.8. The zero-order valence-electron chi connectivity index (χ0n) is 14.9. The molecule has 1 unspecified atom stereocenters. The predicted octanol–water partition coefficient (Wildman–Crippen LogP) is 4.09. The van der Waals surface area contributed by atoms with E-state index < -0.39 is 0 Å². The lowest BCUT2D eigenvalue weighted by Gasteiger charge is -2.22. The van der Waals surface area contributed by atoms with Crippen molar-refractivity contribution in [2.24, 2.45) is 11.1 Å². The highest BCUT2D eigenvalue weighted by Gasteiger charge is 2.36. The van der Waals surface area contributed by atoms with Gasteiger partial charge in [-0.2, -0.15) is 0 Å². The average molecular weight is 427 g/mol. The molecular weight excluding hydrogens is 402 g/mol. The molecule has 1 aliphatic rings. The van der Waals surface area contributed by atoms with Crippen molar-refractivity contribution in [3.63, 3.8) is 0 Å². The fourth-order valence-electron chi connectivity index (χ4n) is 3.50. The van der Waals surface area contributed by atoms with Crippen LogP contribution in [-0.4, -0.2) is 35.0 Å². The van der Waals surface area contributed by atoms with E-state index in [2.05, 4.69) is 39.6 Å². The van der Waals surface area contributed by atoms with Crippen LogP contribution in [0.4, 0.5) is 0 Å². The highest BCUT2D eigenvalue weighted by atomic mass is 79.9. The summed E-state index contributed by atoms with van der Waals surface area (Å²) in [6, 6.07) is 10.1. The van der Waals surface area contributed by atoms with E-state index in [9.17, 15) is 4.79 Å². The molecule has 3 rings (SSSR count). The Morgan fingerprint density at radius 2 is 1.92 bits per heavy atom. The van der Waals surface area contributed by atoms with E-state index in [0.29, 0.717) is 6.54 Å². The lowest BCUT2D eigenvalue weighted by atomic mass is 9.90. The van der Waals surface area contributed by atoms with Crippen LogP contribution in [0.1, 0.15) is 35.1 Å². The number of carbonyl (C=O) groups excluding carboxylic acids is 1. The van der Waals surface area contributed by atoms with Gasteiger partial charge in [-0.25, -0.2) is 0 Å². The molecule has 0 aliphatic carbocycles. The van der Waals surface area contributed by atoms with Crippen LogP contribution in [0.5, 0.6) is 0 Å². The van der Waals surface area contributed by atoms with Gasteiger partial charge in [0.05, 0.1) is 5.56 Å². The Morgan fingerprint density at radius 1 is 1.28 bits per heavy atom. The summed E-state index contributed by atoms with van der Waals surface area (Å²) in [5.41, 5.74) is 9.83. The molecule has 2 aromatic rings. The first-order valence-corrected chi connectivity index (χ1v) is 9.08. The van der Waals surface area contributed by atoms with Gasteiger partial charge >= 0.3 is 0 Å². The van der Waals surface area contributed by atoms with E-state index in [-0.39, 0.29) is 23.7 Å².